The van der Waals surface area contributed by atoms with Crippen LogP contribution < -0.4 is 11.5 Å². The second-order valence-electron chi connectivity index (χ2n) is 1.80. The zero-order valence-corrected chi connectivity index (χ0v) is 6.42. The van der Waals surface area contributed by atoms with Gasteiger partial charge in [0.25, 0.3) is 0 Å². The van der Waals surface area contributed by atoms with Crippen LogP contribution in [0.5, 0.6) is 0 Å². The van der Waals surface area contributed by atoms with E-state index in [1.54, 1.807) is 0 Å². The Labute approximate surface area is 57.3 Å². The molecule has 0 saturated heterocycles. The molecule has 8 heavy (non-hydrogen) atoms. The molecule has 0 aromatic carbocycles. The molecule has 0 aromatic rings. The molecular formula is C5H14AlN2+. The van der Waals surface area contributed by atoms with Gasteiger partial charge in [-0.25, -0.2) is 0 Å². The summed E-state index contributed by atoms with van der Waals surface area (Å²) in [6.45, 7) is 1.71. The zero-order valence-electron chi connectivity index (χ0n) is 5.27. The molecule has 0 saturated carbocycles. The third kappa shape index (κ3) is 6.45. The van der Waals surface area contributed by atoms with E-state index in [1.165, 1.54) is 17.0 Å². The molecule has 0 aliphatic rings. The Morgan fingerprint density at radius 2 is 1.75 bits per heavy atom. The van der Waals surface area contributed by atoms with E-state index in [0.717, 1.165) is 13.1 Å². The molecule has 3 heteroatoms. The van der Waals surface area contributed by atoms with E-state index in [9.17, 15) is 0 Å². The van der Waals surface area contributed by atoms with Gasteiger partial charge in [-0.3, -0.25) is 0 Å². The van der Waals surface area contributed by atoms with Gasteiger partial charge in [-0.1, -0.05) is 0 Å². The molecule has 4 N–H and O–H groups in total. The topological polar surface area (TPSA) is 52.0 Å². The summed E-state index contributed by atoms with van der Waals surface area (Å²) < 4.78 is 0. The number of hydrogen-bond acceptors (Lipinski definition) is 2. The Bertz CT molecular complexity index is 35.4. The summed E-state index contributed by atoms with van der Waals surface area (Å²) in [6, 6.07) is 0. The minimum absolute atomic E-state index is 0.615. The van der Waals surface area contributed by atoms with Crippen molar-refractivity contribution in [3.05, 3.63) is 0 Å². The van der Waals surface area contributed by atoms with Crippen LogP contribution in [0.25, 0.3) is 0 Å². The first-order valence-electron chi connectivity index (χ1n) is 3.13. The van der Waals surface area contributed by atoms with Gasteiger partial charge in [-0.2, -0.15) is 0 Å². The molecule has 0 aromatic heterocycles. The van der Waals surface area contributed by atoms with Crippen LogP contribution in [0.1, 0.15) is 6.42 Å². The molecule has 0 aliphatic carbocycles. The first-order valence-corrected chi connectivity index (χ1v) is 4.77. The van der Waals surface area contributed by atoms with Gasteiger partial charge in [0, 0.05) is 0 Å². The Kier molecular flexibility index (Phi) is 7.87. The van der Waals surface area contributed by atoms with Crippen molar-refractivity contribution < 1.29 is 0 Å². The van der Waals surface area contributed by atoms with Gasteiger partial charge in [0.2, 0.25) is 0 Å². The molecule has 0 rings (SSSR count). The normalized spacial score (nSPS) is 8.75. The fourth-order valence-corrected chi connectivity index (χ4v) is 1.57. The third-order valence-corrected chi connectivity index (χ3v) is 2.54. The molecule has 0 amide bonds. The van der Waals surface area contributed by atoms with Crippen LogP contribution >= 0.6 is 0 Å². The average Bonchev–Trinajstić information content (AvgIpc) is 1.81. The van der Waals surface area contributed by atoms with Crippen LogP contribution in [0.2, 0.25) is 10.6 Å². The van der Waals surface area contributed by atoms with Gasteiger partial charge in [-0.15, -0.1) is 0 Å². The molecule has 46 valence electrons. The molecule has 0 fully saturated rings. The summed E-state index contributed by atoms with van der Waals surface area (Å²) in [5.74, 6) is 0. The summed E-state index contributed by atoms with van der Waals surface area (Å²) >= 11 is 0.615. The first kappa shape index (κ1) is 8.45. The zero-order chi connectivity index (χ0) is 6.24. The van der Waals surface area contributed by atoms with Crippen LogP contribution in [0.3, 0.4) is 0 Å². The average molecular weight is 129 g/mol. The molecule has 0 unspecified atom stereocenters. The number of nitrogens with two attached hydrogens (primary N) is 2. The Morgan fingerprint density at radius 1 is 1.00 bits per heavy atom. The van der Waals surface area contributed by atoms with Gasteiger partial charge in [-0.05, 0) is 0 Å². The van der Waals surface area contributed by atoms with E-state index in [4.69, 9.17) is 11.5 Å². The summed E-state index contributed by atoms with van der Waals surface area (Å²) in [5, 5.41) is 2.56. The standard InChI is InChI=1S/C3H8N.C2H6N.Al/c1-2-3-4;1-2-3;/h1-4H2;1-3H2;/q;;+1. The van der Waals surface area contributed by atoms with Gasteiger partial charge in [0.05, 0.1) is 0 Å². The molecule has 0 bridgehead atoms. The molecular weight excluding hydrogens is 115 g/mol. The SMILES string of the molecule is NCC[CH2][Al+][CH2]CN. The molecule has 0 spiro atoms. The fourth-order valence-electron chi connectivity index (χ4n) is 0.524. The first-order chi connectivity index (χ1) is 3.91. The van der Waals surface area contributed by atoms with Crippen molar-refractivity contribution in [3.8, 4) is 0 Å². The Morgan fingerprint density at radius 3 is 2.25 bits per heavy atom. The van der Waals surface area contributed by atoms with E-state index in [-0.39, 0.29) is 0 Å². The van der Waals surface area contributed by atoms with E-state index in [0.29, 0.717) is 15.2 Å². The maximum absolute atomic E-state index is 5.30. The fraction of sp³-hybridized carbons (Fsp3) is 1.00. The summed E-state index contributed by atoms with van der Waals surface area (Å²) in [7, 11) is 0. The van der Waals surface area contributed by atoms with Crippen LogP contribution in [-0.4, -0.2) is 28.3 Å². The second-order valence-corrected chi connectivity index (χ2v) is 3.53. The van der Waals surface area contributed by atoms with E-state index >= 15 is 0 Å². The minimum atomic E-state index is 0.615. The molecule has 0 aliphatic heterocycles. The van der Waals surface area contributed by atoms with E-state index in [1.807, 2.05) is 0 Å². The van der Waals surface area contributed by atoms with Crippen LogP contribution in [0.4, 0.5) is 0 Å². The number of rotatable bonds is 5. The molecule has 2 nitrogen and oxygen atoms in total. The van der Waals surface area contributed by atoms with Crippen molar-refractivity contribution in [2.45, 2.75) is 17.0 Å². The van der Waals surface area contributed by atoms with Crippen molar-refractivity contribution in [1.29, 1.82) is 0 Å². The monoisotopic (exact) mass is 129 g/mol. The number of hydrogen-bond donors (Lipinski definition) is 2. The van der Waals surface area contributed by atoms with Gasteiger partial charge in [0.15, 0.2) is 0 Å². The Hall–Kier alpha value is 0.452. The summed E-state index contributed by atoms with van der Waals surface area (Å²) in [4.78, 5) is 0. The van der Waals surface area contributed by atoms with Crippen molar-refractivity contribution >= 4 is 15.2 Å². The van der Waals surface area contributed by atoms with Crippen molar-refractivity contribution in [2.75, 3.05) is 13.1 Å². The van der Waals surface area contributed by atoms with Gasteiger partial charge >= 0.3 is 56.8 Å². The predicted molar refractivity (Wildman–Crippen MR) is 38.1 cm³/mol. The molecule has 0 atom stereocenters. The van der Waals surface area contributed by atoms with Crippen molar-refractivity contribution in [2.24, 2.45) is 11.5 Å². The third-order valence-electron chi connectivity index (χ3n) is 0.983. The predicted octanol–water partition coefficient (Wildman–Crippen LogP) is -0.165. The van der Waals surface area contributed by atoms with Crippen LogP contribution in [-0.2, 0) is 0 Å². The maximum atomic E-state index is 5.30. The van der Waals surface area contributed by atoms with Crippen LogP contribution in [0.15, 0.2) is 0 Å². The molecule has 0 heterocycles. The van der Waals surface area contributed by atoms with Crippen LogP contribution in [0, 0.1) is 0 Å². The van der Waals surface area contributed by atoms with Gasteiger partial charge < -0.3 is 0 Å². The summed E-state index contributed by atoms with van der Waals surface area (Å²) in [5.41, 5.74) is 10.6. The quantitative estimate of drug-likeness (QED) is 0.400. The Balaban J connectivity index is 2.53. The van der Waals surface area contributed by atoms with E-state index in [2.05, 4.69) is 0 Å². The van der Waals surface area contributed by atoms with Crippen molar-refractivity contribution in [1.82, 2.24) is 0 Å². The second kappa shape index (κ2) is 7.45. The molecule has 0 radical (unpaired) electrons. The van der Waals surface area contributed by atoms with Gasteiger partial charge in [0.1, 0.15) is 0 Å². The van der Waals surface area contributed by atoms with E-state index < -0.39 is 0 Å². The van der Waals surface area contributed by atoms with Crippen molar-refractivity contribution in [3.63, 3.8) is 0 Å². The summed E-state index contributed by atoms with van der Waals surface area (Å²) in [6.07, 6.45) is 1.19.